The lowest BCUT2D eigenvalue weighted by Crippen LogP contribution is -2.44. The van der Waals surface area contributed by atoms with E-state index in [-0.39, 0.29) is 6.04 Å². The van der Waals surface area contributed by atoms with Crippen LogP contribution in [0.4, 0.5) is 0 Å². The van der Waals surface area contributed by atoms with Crippen LogP contribution in [0.25, 0.3) is 0 Å². The number of benzene rings is 1. The molecule has 112 valence electrons. The van der Waals surface area contributed by atoms with E-state index in [1.165, 1.54) is 0 Å². The highest BCUT2D eigenvalue weighted by Crippen LogP contribution is 2.25. The smallest absolute Gasteiger partial charge is 0.243 e. The van der Waals surface area contributed by atoms with Crippen molar-refractivity contribution in [3.05, 3.63) is 28.2 Å². The summed E-state index contributed by atoms with van der Waals surface area (Å²) in [5.41, 5.74) is 0.933. The molecule has 1 saturated heterocycles. The van der Waals surface area contributed by atoms with E-state index >= 15 is 0 Å². The van der Waals surface area contributed by atoms with Gasteiger partial charge in [-0.25, -0.2) is 8.42 Å². The molecule has 0 radical (unpaired) electrons. The van der Waals surface area contributed by atoms with Gasteiger partial charge in [0.2, 0.25) is 10.0 Å². The topological polar surface area (TPSA) is 40.6 Å². The number of hydrogen-bond donors (Lipinski definition) is 0. The second-order valence-corrected chi connectivity index (χ2v) is 8.32. The Kier molecular flexibility index (Phi) is 4.89. The summed E-state index contributed by atoms with van der Waals surface area (Å²) < 4.78 is 27.8. The molecule has 0 atom stereocenters. The predicted octanol–water partition coefficient (Wildman–Crippen LogP) is 2.47. The Bertz CT molecular complexity index is 581. The normalized spacial score (nSPS) is 18.6. The van der Waals surface area contributed by atoms with Crippen LogP contribution in [0.15, 0.2) is 27.6 Å². The minimum Gasteiger partial charge on any atom is -0.306 e. The van der Waals surface area contributed by atoms with Gasteiger partial charge in [-0.3, -0.25) is 0 Å². The summed E-state index contributed by atoms with van der Waals surface area (Å²) in [7, 11) is 0.368. The van der Waals surface area contributed by atoms with Gasteiger partial charge in [-0.1, -0.05) is 15.9 Å². The maximum atomic E-state index is 12.7. The molecule has 0 unspecified atom stereocenters. The fraction of sp³-hybridized carbons (Fsp3) is 0.571. The molecule has 1 aromatic rings. The fourth-order valence-electron chi connectivity index (χ4n) is 2.50. The zero-order valence-corrected chi connectivity index (χ0v) is 14.5. The molecule has 0 aromatic heterocycles. The second kappa shape index (κ2) is 6.13. The lowest BCUT2D eigenvalue weighted by atomic mass is 10.1. The summed E-state index contributed by atoms with van der Waals surface area (Å²) >= 11 is 3.40. The van der Waals surface area contributed by atoms with E-state index in [1.807, 2.05) is 6.92 Å². The van der Waals surface area contributed by atoms with Crippen LogP contribution in [-0.2, 0) is 10.0 Å². The molecule has 0 N–H and O–H groups in total. The van der Waals surface area contributed by atoms with Crippen molar-refractivity contribution in [2.75, 3.05) is 27.2 Å². The Balaban J connectivity index is 2.23. The van der Waals surface area contributed by atoms with Crippen LogP contribution in [-0.4, -0.2) is 50.8 Å². The fourth-order valence-corrected chi connectivity index (χ4v) is 4.25. The van der Waals surface area contributed by atoms with Crippen LogP contribution in [0.1, 0.15) is 18.4 Å². The van der Waals surface area contributed by atoms with Gasteiger partial charge in [0.05, 0.1) is 4.90 Å². The summed E-state index contributed by atoms with van der Waals surface area (Å²) in [6.07, 6.45) is 1.78. The van der Waals surface area contributed by atoms with Crippen molar-refractivity contribution in [1.82, 2.24) is 9.21 Å². The number of nitrogens with zero attached hydrogens (tertiary/aromatic N) is 2. The molecule has 0 aliphatic carbocycles. The summed E-state index contributed by atoms with van der Waals surface area (Å²) in [5.74, 6) is 0. The molecule has 1 aromatic carbocycles. The molecule has 4 nitrogen and oxygen atoms in total. The first-order chi connectivity index (χ1) is 9.32. The quantitative estimate of drug-likeness (QED) is 0.831. The molecule has 1 aliphatic heterocycles. The number of piperidine rings is 1. The van der Waals surface area contributed by atoms with E-state index in [2.05, 4.69) is 27.9 Å². The van der Waals surface area contributed by atoms with Crippen LogP contribution < -0.4 is 0 Å². The van der Waals surface area contributed by atoms with E-state index in [1.54, 1.807) is 29.6 Å². The molecule has 20 heavy (non-hydrogen) atoms. The number of hydrogen-bond acceptors (Lipinski definition) is 3. The van der Waals surface area contributed by atoms with Crippen molar-refractivity contribution in [1.29, 1.82) is 0 Å². The Morgan fingerprint density at radius 3 is 2.45 bits per heavy atom. The van der Waals surface area contributed by atoms with Gasteiger partial charge in [-0.05, 0) is 63.7 Å². The SMILES string of the molecule is Cc1cc(S(=O)(=O)N(C)C2CCN(C)CC2)ccc1Br. The molecule has 1 aliphatic rings. The van der Waals surface area contributed by atoms with Crippen LogP contribution >= 0.6 is 15.9 Å². The first kappa shape index (κ1) is 15.9. The summed E-state index contributed by atoms with van der Waals surface area (Å²) in [4.78, 5) is 2.61. The number of aryl methyl sites for hydroxylation is 1. The number of rotatable bonds is 3. The maximum Gasteiger partial charge on any atom is 0.243 e. The monoisotopic (exact) mass is 360 g/mol. The zero-order valence-electron chi connectivity index (χ0n) is 12.1. The third-order valence-electron chi connectivity index (χ3n) is 4.01. The lowest BCUT2D eigenvalue weighted by molar-refractivity contribution is 0.197. The van der Waals surface area contributed by atoms with Crippen molar-refractivity contribution >= 4 is 26.0 Å². The van der Waals surface area contributed by atoms with Gasteiger partial charge in [0.1, 0.15) is 0 Å². The molecule has 6 heteroatoms. The highest BCUT2D eigenvalue weighted by Gasteiger charge is 2.30. The minimum atomic E-state index is -3.40. The van der Waals surface area contributed by atoms with Gasteiger partial charge in [-0.15, -0.1) is 0 Å². The standard InChI is InChI=1S/C14H21BrN2O2S/c1-11-10-13(4-5-14(11)15)20(18,19)17(3)12-6-8-16(2)9-7-12/h4-5,10,12H,6-9H2,1-3H3. The number of halogens is 1. The van der Waals surface area contributed by atoms with E-state index in [0.29, 0.717) is 4.90 Å². The molecule has 0 bridgehead atoms. The van der Waals surface area contributed by atoms with Crippen LogP contribution in [0, 0.1) is 6.92 Å². The molecule has 2 rings (SSSR count). The lowest BCUT2D eigenvalue weighted by Gasteiger charge is -2.34. The van der Waals surface area contributed by atoms with Crippen molar-refractivity contribution in [2.24, 2.45) is 0 Å². The highest BCUT2D eigenvalue weighted by molar-refractivity contribution is 9.10. The van der Waals surface area contributed by atoms with Gasteiger partial charge in [-0.2, -0.15) is 4.31 Å². The predicted molar refractivity (Wildman–Crippen MR) is 84.3 cm³/mol. The molecule has 1 fully saturated rings. The van der Waals surface area contributed by atoms with E-state index in [9.17, 15) is 8.42 Å². The number of sulfonamides is 1. The van der Waals surface area contributed by atoms with Crippen molar-refractivity contribution in [3.63, 3.8) is 0 Å². The Hall–Kier alpha value is -0.430. The Morgan fingerprint density at radius 1 is 1.30 bits per heavy atom. The average Bonchev–Trinajstić information content (AvgIpc) is 2.41. The third-order valence-corrected chi connectivity index (χ3v) is 6.80. The van der Waals surface area contributed by atoms with Crippen LogP contribution in [0.2, 0.25) is 0 Å². The molecule has 0 amide bonds. The van der Waals surface area contributed by atoms with Crippen molar-refractivity contribution in [3.8, 4) is 0 Å². The maximum absolute atomic E-state index is 12.7. The van der Waals surface area contributed by atoms with Crippen LogP contribution in [0.3, 0.4) is 0 Å². The summed E-state index contributed by atoms with van der Waals surface area (Å²) in [6.45, 7) is 3.80. The van der Waals surface area contributed by atoms with Crippen LogP contribution in [0.5, 0.6) is 0 Å². The largest absolute Gasteiger partial charge is 0.306 e. The van der Waals surface area contributed by atoms with Gasteiger partial charge >= 0.3 is 0 Å². The third kappa shape index (κ3) is 3.24. The minimum absolute atomic E-state index is 0.0974. The summed E-state index contributed by atoms with van der Waals surface area (Å²) in [5, 5.41) is 0. The zero-order chi connectivity index (χ0) is 14.9. The Morgan fingerprint density at radius 2 is 1.90 bits per heavy atom. The molecular formula is C14H21BrN2O2S. The van der Waals surface area contributed by atoms with E-state index < -0.39 is 10.0 Å². The first-order valence-corrected chi connectivity index (χ1v) is 8.98. The van der Waals surface area contributed by atoms with Gasteiger partial charge in [0.15, 0.2) is 0 Å². The van der Waals surface area contributed by atoms with Gasteiger partial charge in [0.25, 0.3) is 0 Å². The molecule has 0 saturated carbocycles. The molecular weight excluding hydrogens is 340 g/mol. The Labute approximate surface area is 129 Å². The van der Waals surface area contributed by atoms with E-state index in [0.717, 1.165) is 36.0 Å². The second-order valence-electron chi connectivity index (χ2n) is 5.47. The average molecular weight is 361 g/mol. The highest BCUT2D eigenvalue weighted by atomic mass is 79.9. The van der Waals surface area contributed by atoms with Gasteiger partial charge in [0, 0.05) is 17.6 Å². The first-order valence-electron chi connectivity index (χ1n) is 6.75. The number of likely N-dealkylation sites (tertiary alicyclic amines) is 1. The molecule has 1 heterocycles. The van der Waals surface area contributed by atoms with Crippen molar-refractivity contribution < 1.29 is 8.42 Å². The van der Waals surface area contributed by atoms with Gasteiger partial charge < -0.3 is 4.90 Å². The molecule has 0 spiro atoms. The van der Waals surface area contributed by atoms with E-state index in [4.69, 9.17) is 0 Å². The summed E-state index contributed by atoms with van der Waals surface area (Å²) in [6, 6.07) is 5.29. The van der Waals surface area contributed by atoms with Crippen molar-refractivity contribution in [2.45, 2.75) is 30.7 Å².